The van der Waals surface area contributed by atoms with E-state index in [1.807, 2.05) is 0 Å². The number of carboxylic acids is 1. The third-order valence-electron chi connectivity index (χ3n) is 3.50. The van der Waals surface area contributed by atoms with E-state index in [0.717, 1.165) is 5.75 Å². The van der Waals surface area contributed by atoms with E-state index in [9.17, 15) is 18.0 Å². The number of carbonyl (C=O) groups is 1. The van der Waals surface area contributed by atoms with Gasteiger partial charge in [-0.25, -0.2) is 0 Å². The molecule has 21 heavy (non-hydrogen) atoms. The molecule has 1 aliphatic heterocycles. The van der Waals surface area contributed by atoms with Gasteiger partial charge in [-0.15, -0.1) is 11.8 Å². The van der Waals surface area contributed by atoms with Crippen molar-refractivity contribution in [3.8, 4) is 0 Å². The predicted molar refractivity (Wildman–Crippen MR) is 79.7 cm³/mol. The van der Waals surface area contributed by atoms with E-state index in [4.69, 9.17) is 5.11 Å². The maximum atomic E-state index is 13.5. The molecule has 1 heterocycles. The fourth-order valence-corrected chi connectivity index (χ4v) is 5.85. The fourth-order valence-electron chi connectivity index (χ4n) is 2.56. The van der Waals surface area contributed by atoms with Crippen LogP contribution in [0.2, 0.25) is 0 Å². The van der Waals surface area contributed by atoms with Crippen molar-refractivity contribution >= 4 is 29.5 Å². The van der Waals surface area contributed by atoms with Crippen molar-refractivity contribution in [1.29, 1.82) is 0 Å². The molecule has 2 rings (SSSR count). The number of aliphatic carboxylic acids is 1. The molecule has 1 N–H and O–H groups in total. The Morgan fingerprint density at radius 2 is 1.95 bits per heavy atom. The highest BCUT2D eigenvalue weighted by atomic mass is 32.2. The largest absolute Gasteiger partial charge is 0.481 e. The lowest BCUT2D eigenvalue weighted by Crippen LogP contribution is -2.46. The highest BCUT2D eigenvalue weighted by molar-refractivity contribution is 8.06. The van der Waals surface area contributed by atoms with Crippen LogP contribution in [-0.2, 0) is 9.54 Å². The highest BCUT2D eigenvalue weighted by Crippen LogP contribution is 2.54. The van der Waals surface area contributed by atoms with Crippen LogP contribution in [0.15, 0.2) is 30.3 Å². The molecule has 1 aromatic carbocycles. The molecule has 116 valence electrons. The Morgan fingerprint density at radius 1 is 1.29 bits per heavy atom. The minimum absolute atomic E-state index is 0.277. The second kappa shape index (κ2) is 6.52. The summed E-state index contributed by atoms with van der Waals surface area (Å²) >= 11 is 2.69. The summed E-state index contributed by atoms with van der Waals surface area (Å²) in [4.78, 5) is 11.0. The van der Waals surface area contributed by atoms with Crippen molar-refractivity contribution in [3.05, 3.63) is 35.9 Å². The molecule has 2 nitrogen and oxygen atoms in total. The Balaban J connectivity index is 2.49. The average molecular weight is 336 g/mol. The van der Waals surface area contributed by atoms with Gasteiger partial charge in [0.2, 0.25) is 0 Å². The van der Waals surface area contributed by atoms with Crippen LogP contribution in [-0.4, -0.2) is 34.5 Å². The summed E-state index contributed by atoms with van der Waals surface area (Å²) in [7, 11) is 0. The number of hydrogen-bond donors (Lipinski definition) is 1. The van der Waals surface area contributed by atoms with Gasteiger partial charge in [-0.05, 0) is 5.56 Å². The van der Waals surface area contributed by atoms with Gasteiger partial charge < -0.3 is 5.11 Å². The molecular formula is C14H15F3O2S2. The van der Waals surface area contributed by atoms with Gasteiger partial charge in [0.1, 0.15) is 0 Å². The van der Waals surface area contributed by atoms with Crippen LogP contribution in [0.25, 0.3) is 0 Å². The van der Waals surface area contributed by atoms with E-state index in [1.165, 1.54) is 23.5 Å². The summed E-state index contributed by atoms with van der Waals surface area (Å²) < 4.78 is 39.3. The standard InChI is InChI=1S/C14H15F3O2S2/c15-14(16,17)11(8-12(18)19)13(9-20-6-7-21-13)10-4-2-1-3-5-10/h1-5,11H,6-9H2,(H,18,19). The van der Waals surface area contributed by atoms with Gasteiger partial charge in [0, 0.05) is 17.3 Å². The van der Waals surface area contributed by atoms with Gasteiger partial charge >= 0.3 is 12.1 Å². The molecule has 0 bridgehead atoms. The molecule has 1 fully saturated rings. The molecule has 0 aliphatic carbocycles. The molecule has 7 heteroatoms. The maximum Gasteiger partial charge on any atom is 0.394 e. The lowest BCUT2D eigenvalue weighted by atomic mass is 9.83. The molecule has 2 unspecified atom stereocenters. The average Bonchev–Trinajstić information content (AvgIpc) is 2.45. The minimum Gasteiger partial charge on any atom is -0.481 e. The zero-order valence-corrected chi connectivity index (χ0v) is 12.7. The summed E-state index contributed by atoms with van der Waals surface area (Å²) in [6.45, 7) is 0. The van der Waals surface area contributed by atoms with Crippen LogP contribution in [0.5, 0.6) is 0 Å². The molecule has 1 saturated heterocycles. The summed E-state index contributed by atoms with van der Waals surface area (Å²) in [6.07, 6.45) is -5.44. The third-order valence-corrected chi connectivity index (χ3v) is 6.68. The molecule has 1 aromatic rings. The van der Waals surface area contributed by atoms with Crippen molar-refractivity contribution < 1.29 is 23.1 Å². The maximum absolute atomic E-state index is 13.5. The molecule has 0 radical (unpaired) electrons. The van der Waals surface area contributed by atoms with Gasteiger partial charge in [-0.3, -0.25) is 4.79 Å². The van der Waals surface area contributed by atoms with E-state index in [-0.39, 0.29) is 5.75 Å². The van der Waals surface area contributed by atoms with Gasteiger partial charge in [0.15, 0.2) is 0 Å². The van der Waals surface area contributed by atoms with Crippen molar-refractivity contribution in [3.63, 3.8) is 0 Å². The Bertz CT molecular complexity index is 485. The summed E-state index contributed by atoms with van der Waals surface area (Å²) in [5.74, 6) is -1.64. The molecular weight excluding hydrogens is 321 g/mol. The molecule has 2 atom stereocenters. The number of benzene rings is 1. The first kappa shape index (κ1) is 16.5. The van der Waals surface area contributed by atoms with Gasteiger partial charge in [0.25, 0.3) is 0 Å². The van der Waals surface area contributed by atoms with E-state index in [2.05, 4.69) is 0 Å². The summed E-state index contributed by atoms with van der Waals surface area (Å²) in [5.41, 5.74) is 0.561. The Morgan fingerprint density at radius 3 is 2.43 bits per heavy atom. The van der Waals surface area contributed by atoms with E-state index in [0.29, 0.717) is 11.3 Å². The first-order chi connectivity index (χ1) is 9.86. The van der Waals surface area contributed by atoms with Gasteiger partial charge in [-0.1, -0.05) is 30.3 Å². The third kappa shape index (κ3) is 3.69. The lowest BCUT2D eigenvalue weighted by molar-refractivity contribution is -0.190. The fraction of sp³-hybridized carbons (Fsp3) is 0.500. The Hall–Kier alpha value is -0.820. The topological polar surface area (TPSA) is 37.3 Å². The summed E-state index contributed by atoms with van der Waals surface area (Å²) in [5, 5.41) is 8.92. The van der Waals surface area contributed by atoms with Crippen molar-refractivity contribution in [2.45, 2.75) is 17.3 Å². The van der Waals surface area contributed by atoms with Crippen molar-refractivity contribution in [1.82, 2.24) is 0 Å². The smallest absolute Gasteiger partial charge is 0.394 e. The zero-order valence-electron chi connectivity index (χ0n) is 11.1. The van der Waals surface area contributed by atoms with Crippen molar-refractivity contribution in [2.24, 2.45) is 5.92 Å². The van der Waals surface area contributed by atoms with E-state index < -0.39 is 29.2 Å². The highest BCUT2D eigenvalue weighted by Gasteiger charge is 2.56. The molecule has 0 spiro atoms. The van der Waals surface area contributed by atoms with E-state index >= 15 is 0 Å². The predicted octanol–water partition coefficient (Wildman–Crippen LogP) is 4.02. The van der Waals surface area contributed by atoms with Crippen LogP contribution < -0.4 is 0 Å². The number of carboxylic acid groups (broad SMARTS) is 1. The van der Waals surface area contributed by atoms with Crippen LogP contribution in [0.4, 0.5) is 13.2 Å². The number of rotatable bonds is 4. The number of halogens is 3. The Kier molecular flexibility index (Phi) is 5.14. The SMILES string of the molecule is O=C(O)CC(C(F)(F)F)C1(c2ccccc2)CSCCS1. The van der Waals surface area contributed by atoms with Crippen LogP contribution >= 0.6 is 23.5 Å². The van der Waals surface area contributed by atoms with Crippen LogP contribution in [0.1, 0.15) is 12.0 Å². The number of hydrogen-bond acceptors (Lipinski definition) is 3. The van der Waals surface area contributed by atoms with Crippen LogP contribution in [0, 0.1) is 5.92 Å². The lowest BCUT2D eigenvalue weighted by Gasteiger charge is -2.43. The van der Waals surface area contributed by atoms with Crippen LogP contribution in [0.3, 0.4) is 0 Å². The number of alkyl halides is 3. The Labute approximate surface area is 129 Å². The quantitative estimate of drug-likeness (QED) is 0.901. The second-order valence-electron chi connectivity index (χ2n) is 4.85. The van der Waals surface area contributed by atoms with Gasteiger partial charge in [0.05, 0.1) is 17.1 Å². The second-order valence-corrected chi connectivity index (χ2v) is 7.38. The first-order valence-electron chi connectivity index (χ1n) is 6.42. The minimum atomic E-state index is -4.54. The normalized spacial score (nSPS) is 24.5. The molecule has 0 amide bonds. The zero-order chi connectivity index (χ0) is 15.5. The van der Waals surface area contributed by atoms with Crippen molar-refractivity contribution in [2.75, 3.05) is 17.3 Å². The number of thioether (sulfide) groups is 2. The first-order valence-corrected chi connectivity index (χ1v) is 8.56. The summed E-state index contributed by atoms with van der Waals surface area (Å²) in [6, 6.07) is 8.48. The monoisotopic (exact) mass is 336 g/mol. The molecule has 1 aliphatic rings. The molecule has 0 saturated carbocycles. The van der Waals surface area contributed by atoms with Gasteiger partial charge in [-0.2, -0.15) is 24.9 Å². The van der Waals surface area contributed by atoms with E-state index in [1.54, 1.807) is 30.3 Å². The molecule has 0 aromatic heterocycles.